The monoisotopic (exact) mass is 404 g/mol. The Morgan fingerprint density at radius 1 is 1.22 bits per heavy atom. The highest BCUT2D eigenvalue weighted by atomic mass is 32.2. The van der Waals surface area contributed by atoms with Gasteiger partial charge in [-0.15, -0.1) is 11.3 Å². The number of nitrogens with zero attached hydrogens (tertiary/aromatic N) is 1. The lowest BCUT2D eigenvalue weighted by molar-refractivity contribution is -0.114. The maximum absolute atomic E-state index is 13.4. The smallest absolute Gasteiger partial charge is 0.252 e. The standard InChI is InChI=1S/C19H17FN2O3S2/c1-12(23)21-17-4-2-3-13-11-22(8-7-16(13)17)27(24,25)19-10-14-9-15(20)5-6-18(14)26-19/h2-6,9-10H,7-8,11H2,1H3,(H,21,23). The lowest BCUT2D eigenvalue weighted by Gasteiger charge is -2.29. The molecule has 3 aromatic rings. The molecule has 0 aliphatic carbocycles. The van der Waals surface area contributed by atoms with Gasteiger partial charge in [-0.1, -0.05) is 12.1 Å². The van der Waals surface area contributed by atoms with Gasteiger partial charge in [0.05, 0.1) is 0 Å². The number of hydrogen-bond donors (Lipinski definition) is 1. The van der Waals surface area contributed by atoms with Gasteiger partial charge in [-0.25, -0.2) is 12.8 Å². The van der Waals surface area contributed by atoms with E-state index in [1.54, 1.807) is 6.07 Å². The maximum Gasteiger partial charge on any atom is 0.252 e. The third-order valence-electron chi connectivity index (χ3n) is 4.59. The summed E-state index contributed by atoms with van der Waals surface area (Å²) < 4.78 is 42.0. The first-order chi connectivity index (χ1) is 12.8. The van der Waals surface area contributed by atoms with Gasteiger partial charge in [0.2, 0.25) is 5.91 Å². The number of fused-ring (bicyclic) bond motifs is 2. The number of carbonyl (C=O) groups is 1. The Kier molecular flexibility index (Phi) is 4.49. The summed E-state index contributed by atoms with van der Waals surface area (Å²) in [5, 5.41) is 3.39. The summed E-state index contributed by atoms with van der Waals surface area (Å²) in [5.41, 5.74) is 2.58. The van der Waals surface area contributed by atoms with Crippen LogP contribution < -0.4 is 5.32 Å². The van der Waals surface area contributed by atoms with E-state index in [1.807, 2.05) is 18.2 Å². The molecule has 0 saturated heterocycles. The molecule has 1 aliphatic rings. The quantitative estimate of drug-likeness (QED) is 0.723. The van der Waals surface area contributed by atoms with Crippen molar-refractivity contribution in [2.24, 2.45) is 0 Å². The molecule has 140 valence electrons. The van der Waals surface area contributed by atoms with Crippen molar-refractivity contribution in [3.05, 3.63) is 59.4 Å². The molecule has 1 N–H and O–H groups in total. The molecule has 2 heterocycles. The first-order valence-electron chi connectivity index (χ1n) is 8.42. The van der Waals surface area contributed by atoms with Crippen molar-refractivity contribution >= 4 is 43.0 Å². The molecule has 0 unspecified atom stereocenters. The average Bonchev–Trinajstić information content (AvgIpc) is 3.05. The average molecular weight is 404 g/mol. The van der Waals surface area contributed by atoms with E-state index in [0.29, 0.717) is 18.4 Å². The molecule has 0 spiro atoms. The fourth-order valence-electron chi connectivity index (χ4n) is 3.34. The Labute approximate surface area is 160 Å². The summed E-state index contributed by atoms with van der Waals surface area (Å²) in [6.45, 7) is 2.02. The van der Waals surface area contributed by atoms with Gasteiger partial charge in [0, 0.05) is 30.4 Å². The summed E-state index contributed by atoms with van der Waals surface area (Å²) in [6.07, 6.45) is 0.518. The number of thiophene rings is 1. The molecule has 0 bridgehead atoms. The number of carbonyl (C=O) groups excluding carboxylic acids is 1. The normalized spacial score (nSPS) is 14.9. The third kappa shape index (κ3) is 3.36. The van der Waals surface area contributed by atoms with Crippen LogP contribution in [0.25, 0.3) is 10.1 Å². The summed E-state index contributed by atoms with van der Waals surface area (Å²) in [7, 11) is -3.67. The number of sulfonamides is 1. The Balaban J connectivity index is 1.67. The van der Waals surface area contributed by atoms with E-state index in [9.17, 15) is 17.6 Å². The molecule has 1 aromatic heterocycles. The lowest BCUT2D eigenvalue weighted by atomic mass is 9.99. The van der Waals surface area contributed by atoms with Gasteiger partial charge < -0.3 is 5.32 Å². The lowest BCUT2D eigenvalue weighted by Crippen LogP contribution is -2.36. The molecule has 4 rings (SSSR count). The van der Waals surface area contributed by atoms with Crippen molar-refractivity contribution in [1.82, 2.24) is 4.31 Å². The first kappa shape index (κ1) is 18.1. The molecule has 1 amide bonds. The molecule has 0 fully saturated rings. The molecular weight excluding hydrogens is 387 g/mol. The van der Waals surface area contributed by atoms with E-state index in [4.69, 9.17) is 0 Å². The zero-order chi connectivity index (χ0) is 19.2. The predicted octanol–water partition coefficient (Wildman–Crippen LogP) is 3.75. The van der Waals surface area contributed by atoms with Crippen LogP contribution >= 0.6 is 11.3 Å². The number of nitrogens with one attached hydrogen (secondary N) is 1. The fourth-order valence-corrected chi connectivity index (χ4v) is 6.29. The zero-order valence-electron chi connectivity index (χ0n) is 14.5. The van der Waals surface area contributed by atoms with Crippen LogP contribution in [0.4, 0.5) is 10.1 Å². The highest BCUT2D eigenvalue weighted by molar-refractivity contribution is 7.91. The summed E-state index contributed by atoms with van der Waals surface area (Å²) in [5.74, 6) is -0.544. The Morgan fingerprint density at radius 2 is 2.04 bits per heavy atom. The molecule has 1 aliphatic heterocycles. The second-order valence-electron chi connectivity index (χ2n) is 6.46. The van der Waals surface area contributed by atoms with Gasteiger partial charge in [-0.05, 0) is 53.3 Å². The molecule has 5 nitrogen and oxygen atoms in total. The minimum Gasteiger partial charge on any atom is -0.326 e. The van der Waals surface area contributed by atoms with E-state index in [0.717, 1.165) is 32.9 Å². The highest BCUT2D eigenvalue weighted by Crippen LogP contribution is 2.34. The van der Waals surface area contributed by atoms with Gasteiger partial charge in [-0.3, -0.25) is 4.79 Å². The fraction of sp³-hybridized carbons (Fsp3) is 0.211. The van der Waals surface area contributed by atoms with Gasteiger partial charge in [0.15, 0.2) is 0 Å². The van der Waals surface area contributed by atoms with Crippen molar-refractivity contribution in [3.63, 3.8) is 0 Å². The molecule has 0 saturated carbocycles. The van der Waals surface area contributed by atoms with Crippen LogP contribution in [0.3, 0.4) is 0 Å². The molecule has 0 atom stereocenters. The summed E-state index contributed by atoms with van der Waals surface area (Å²) >= 11 is 1.15. The van der Waals surface area contributed by atoms with Crippen LogP contribution in [-0.4, -0.2) is 25.2 Å². The number of amides is 1. The number of rotatable bonds is 3. The molecule has 27 heavy (non-hydrogen) atoms. The SMILES string of the molecule is CC(=O)Nc1cccc2c1CCN(S(=O)(=O)c1cc3cc(F)ccc3s1)C2. The minimum atomic E-state index is -3.67. The van der Waals surface area contributed by atoms with E-state index in [-0.39, 0.29) is 22.5 Å². The molecular formula is C19H17FN2O3S2. The van der Waals surface area contributed by atoms with E-state index in [2.05, 4.69) is 5.32 Å². The van der Waals surface area contributed by atoms with E-state index >= 15 is 0 Å². The molecule has 0 radical (unpaired) electrons. The van der Waals surface area contributed by atoms with Gasteiger partial charge >= 0.3 is 0 Å². The molecule has 8 heteroatoms. The van der Waals surface area contributed by atoms with Crippen molar-refractivity contribution in [1.29, 1.82) is 0 Å². The number of benzene rings is 2. The number of anilines is 1. The van der Waals surface area contributed by atoms with Crippen molar-refractivity contribution in [2.45, 2.75) is 24.1 Å². The zero-order valence-corrected chi connectivity index (χ0v) is 16.2. The van der Waals surface area contributed by atoms with Crippen LogP contribution in [0.1, 0.15) is 18.1 Å². The summed E-state index contributed by atoms with van der Waals surface area (Å²) in [4.78, 5) is 11.4. The maximum atomic E-state index is 13.4. The van der Waals surface area contributed by atoms with Crippen LogP contribution in [0.2, 0.25) is 0 Å². The largest absolute Gasteiger partial charge is 0.326 e. The Hall–Kier alpha value is -2.29. The molecule has 2 aromatic carbocycles. The Bertz CT molecular complexity index is 1150. The third-order valence-corrected chi connectivity index (χ3v) is 8.00. The Morgan fingerprint density at radius 3 is 2.81 bits per heavy atom. The minimum absolute atomic E-state index is 0.157. The topological polar surface area (TPSA) is 66.5 Å². The first-order valence-corrected chi connectivity index (χ1v) is 10.7. The summed E-state index contributed by atoms with van der Waals surface area (Å²) in [6, 6.07) is 11.3. The van der Waals surface area contributed by atoms with Crippen LogP contribution in [0.5, 0.6) is 0 Å². The van der Waals surface area contributed by atoms with Crippen molar-refractivity contribution < 1.29 is 17.6 Å². The second kappa shape index (κ2) is 6.70. The van der Waals surface area contributed by atoms with Crippen LogP contribution in [0.15, 0.2) is 46.7 Å². The van der Waals surface area contributed by atoms with Crippen molar-refractivity contribution in [2.75, 3.05) is 11.9 Å². The second-order valence-corrected chi connectivity index (χ2v) is 9.71. The van der Waals surface area contributed by atoms with Crippen molar-refractivity contribution in [3.8, 4) is 0 Å². The van der Waals surface area contributed by atoms with Gasteiger partial charge in [0.1, 0.15) is 10.0 Å². The van der Waals surface area contributed by atoms with E-state index in [1.165, 1.54) is 29.4 Å². The number of hydrogen-bond acceptors (Lipinski definition) is 4. The van der Waals surface area contributed by atoms with Gasteiger partial charge in [-0.2, -0.15) is 4.31 Å². The highest BCUT2D eigenvalue weighted by Gasteiger charge is 2.30. The number of halogens is 1. The van der Waals surface area contributed by atoms with Gasteiger partial charge in [0.25, 0.3) is 10.0 Å². The van der Waals surface area contributed by atoms with E-state index < -0.39 is 10.0 Å². The predicted molar refractivity (Wildman–Crippen MR) is 104 cm³/mol. The van der Waals surface area contributed by atoms with Crippen LogP contribution in [-0.2, 0) is 27.8 Å². The van der Waals surface area contributed by atoms with Crippen LogP contribution in [0, 0.1) is 5.82 Å².